The summed E-state index contributed by atoms with van der Waals surface area (Å²) in [4.78, 5) is 0. The molecule has 3 aliphatic rings. The molecule has 0 spiro atoms. The molecule has 14 heavy (non-hydrogen) atoms. The van der Waals surface area contributed by atoms with E-state index in [4.69, 9.17) is 0 Å². The minimum absolute atomic E-state index is 0. The maximum atomic E-state index is 3.56. The summed E-state index contributed by atoms with van der Waals surface area (Å²) in [5.74, 6) is 1.57. The molecule has 76 valence electrons. The van der Waals surface area contributed by atoms with Gasteiger partial charge in [0.2, 0.25) is 0 Å². The smallest absolute Gasteiger partial charge is 0.00205 e. The van der Waals surface area contributed by atoms with E-state index in [1.165, 1.54) is 25.9 Å². The SMILES string of the molecule is Cl.c1ccc2c(c1)C1CCC2CNC1. The van der Waals surface area contributed by atoms with Crippen molar-refractivity contribution >= 4 is 12.4 Å². The van der Waals surface area contributed by atoms with Gasteiger partial charge < -0.3 is 5.32 Å². The third-order valence-corrected chi connectivity index (χ3v) is 3.52. The average Bonchev–Trinajstić information content (AvgIpc) is 2.52. The molecule has 2 heterocycles. The monoisotopic (exact) mass is 209 g/mol. The van der Waals surface area contributed by atoms with Gasteiger partial charge in [0.1, 0.15) is 0 Å². The lowest BCUT2D eigenvalue weighted by atomic mass is 9.78. The van der Waals surface area contributed by atoms with Crippen LogP contribution in [-0.2, 0) is 0 Å². The van der Waals surface area contributed by atoms with Gasteiger partial charge in [-0.1, -0.05) is 24.3 Å². The van der Waals surface area contributed by atoms with Crippen molar-refractivity contribution in [3.63, 3.8) is 0 Å². The largest absolute Gasteiger partial charge is 0.316 e. The summed E-state index contributed by atoms with van der Waals surface area (Å²) in [5, 5.41) is 3.56. The molecule has 2 atom stereocenters. The molecule has 0 aromatic heterocycles. The molecule has 1 aromatic rings. The second-order valence-corrected chi connectivity index (χ2v) is 4.26. The maximum Gasteiger partial charge on any atom is 0.00205 e. The van der Waals surface area contributed by atoms with Crippen molar-refractivity contribution in [3.8, 4) is 0 Å². The fourth-order valence-corrected chi connectivity index (χ4v) is 2.82. The van der Waals surface area contributed by atoms with Crippen LogP contribution in [0.1, 0.15) is 35.8 Å². The number of rotatable bonds is 0. The Balaban J connectivity index is 0.000000750. The van der Waals surface area contributed by atoms with Crippen LogP contribution in [0.3, 0.4) is 0 Å². The number of halogens is 1. The summed E-state index contributed by atoms with van der Waals surface area (Å²) < 4.78 is 0. The van der Waals surface area contributed by atoms with E-state index in [1.54, 1.807) is 11.1 Å². The van der Waals surface area contributed by atoms with Crippen LogP contribution in [0.15, 0.2) is 24.3 Å². The van der Waals surface area contributed by atoms with Crippen molar-refractivity contribution in [1.82, 2.24) is 5.32 Å². The molecule has 1 N–H and O–H groups in total. The molecular weight excluding hydrogens is 194 g/mol. The lowest BCUT2D eigenvalue weighted by Crippen LogP contribution is -2.18. The third kappa shape index (κ3) is 1.45. The van der Waals surface area contributed by atoms with Crippen molar-refractivity contribution < 1.29 is 0 Å². The van der Waals surface area contributed by atoms with E-state index in [9.17, 15) is 0 Å². The fraction of sp³-hybridized carbons (Fsp3) is 0.500. The summed E-state index contributed by atoms with van der Waals surface area (Å²) in [6.45, 7) is 2.38. The van der Waals surface area contributed by atoms with Gasteiger partial charge in [0.15, 0.2) is 0 Å². The minimum Gasteiger partial charge on any atom is -0.316 e. The molecular formula is C12H16ClN. The lowest BCUT2D eigenvalue weighted by Gasteiger charge is -2.26. The van der Waals surface area contributed by atoms with Crippen molar-refractivity contribution in [2.24, 2.45) is 0 Å². The van der Waals surface area contributed by atoms with Crippen LogP contribution in [0.2, 0.25) is 0 Å². The van der Waals surface area contributed by atoms with Gasteiger partial charge in [-0.15, -0.1) is 12.4 Å². The highest BCUT2D eigenvalue weighted by molar-refractivity contribution is 5.85. The Morgan fingerprint density at radius 3 is 1.93 bits per heavy atom. The highest BCUT2D eigenvalue weighted by Crippen LogP contribution is 2.39. The molecule has 2 bridgehead atoms. The van der Waals surface area contributed by atoms with Crippen molar-refractivity contribution in [2.45, 2.75) is 24.7 Å². The molecule has 2 aliphatic heterocycles. The Bertz CT molecular complexity index is 289. The maximum absolute atomic E-state index is 3.56. The Kier molecular flexibility index (Phi) is 2.80. The van der Waals surface area contributed by atoms with Gasteiger partial charge in [0, 0.05) is 13.1 Å². The van der Waals surface area contributed by atoms with Gasteiger partial charge in [0.25, 0.3) is 0 Å². The van der Waals surface area contributed by atoms with Crippen LogP contribution >= 0.6 is 12.4 Å². The third-order valence-electron chi connectivity index (χ3n) is 3.52. The van der Waals surface area contributed by atoms with Crippen LogP contribution < -0.4 is 5.32 Å². The number of fused-ring (bicyclic) bond motifs is 3. The van der Waals surface area contributed by atoms with Crippen LogP contribution in [0.4, 0.5) is 0 Å². The summed E-state index contributed by atoms with van der Waals surface area (Å²) >= 11 is 0. The highest BCUT2D eigenvalue weighted by atomic mass is 35.5. The lowest BCUT2D eigenvalue weighted by molar-refractivity contribution is 0.549. The molecule has 2 unspecified atom stereocenters. The van der Waals surface area contributed by atoms with Crippen LogP contribution in [-0.4, -0.2) is 13.1 Å². The van der Waals surface area contributed by atoms with E-state index >= 15 is 0 Å². The zero-order chi connectivity index (χ0) is 8.67. The summed E-state index contributed by atoms with van der Waals surface area (Å²) in [6, 6.07) is 9.00. The molecule has 0 radical (unpaired) electrons. The second kappa shape index (κ2) is 3.92. The van der Waals surface area contributed by atoms with E-state index < -0.39 is 0 Å². The predicted octanol–water partition coefficient (Wildman–Crippen LogP) is 2.67. The molecule has 0 saturated carbocycles. The Morgan fingerprint density at radius 1 is 0.929 bits per heavy atom. The van der Waals surface area contributed by atoms with Gasteiger partial charge in [-0.25, -0.2) is 0 Å². The van der Waals surface area contributed by atoms with E-state index in [1.807, 2.05) is 0 Å². The first-order valence-electron chi connectivity index (χ1n) is 5.24. The molecule has 1 aliphatic carbocycles. The highest BCUT2D eigenvalue weighted by Gasteiger charge is 2.29. The van der Waals surface area contributed by atoms with Crippen LogP contribution in [0, 0.1) is 0 Å². The first-order valence-corrected chi connectivity index (χ1v) is 5.24. The predicted molar refractivity (Wildman–Crippen MR) is 61.3 cm³/mol. The molecule has 4 rings (SSSR count). The fourth-order valence-electron chi connectivity index (χ4n) is 2.82. The molecule has 1 nitrogen and oxygen atoms in total. The molecule has 2 heteroatoms. The molecule has 1 aromatic carbocycles. The molecule has 1 saturated heterocycles. The average molecular weight is 210 g/mol. The van der Waals surface area contributed by atoms with Gasteiger partial charge in [-0.05, 0) is 35.8 Å². The van der Waals surface area contributed by atoms with Crippen LogP contribution in [0.5, 0.6) is 0 Å². The van der Waals surface area contributed by atoms with Gasteiger partial charge in [-0.3, -0.25) is 0 Å². The number of hydrogen-bond acceptors (Lipinski definition) is 1. The van der Waals surface area contributed by atoms with E-state index in [2.05, 4.69) is 29.6 Å². The Hall–Kier alpha value is -0.530. The van der Waals surface area contributed by atoms with Gasteiger partial charge in [-0.2, -0.15) is 0 Å². The zero-order valence-electron chi connectivity index (χ0n) is 8.20. The summed E-state index contributed by atoms with van der Waals surface area (Å²) in [6.07, 6.45) is 2.77. The zero-order valence-corrected chi connectivity index (χ0v) is 9.02. The number of nitrogens with one attached hydrogen (secondary N) is 1. The standard InChI is InChI=1S/C12H15N.ClH/c1-2-4-12-10-6-5-9(7-13-8-10)11(12)3-1;/h1-4,9-10,13H,5-8H2;1H. The molecule has 1 fully saturated rings. The number of hydrogen-bond donors (Lipinski definition) is 1. The van der Waals surface area contributed by atoms with E-state index in [0.29, 0.717) is 0 Å². The second-order valence-electron chi connectivity index (χ2n) is 4.26. The first-order chi connectivity index (χ1) is 6.45. The van der Waals surface area contributed by atoms with E-state index in [-0.39, 0.29) is 12.4 Å². The minimum atomic E-state index is 0. The van der Waals surface area contributed by atoms with Crippen molar-refractivity contribution in [1.29, 1.82) is 0 Å². The molecule has 0 amide bonds. The van der Waals surface area contributed by atoms with Crippen molar-refractivity contribution in [2.75, 3.05) is 13.1 Å². The topological polar surface area (TPSA) is 12.0 Å². The van der Waals surface area contributed by atoms with E-state index in [0.717, 1.165) is 11.8 Å². The first kappa shape index (κ1) is 10.0. The van der Waals surface area contributed by atoms with Gasteiger partial charge in [0.05, 0.1) is 0 Å². The van der Waals surface area contributed by atoms with Crippen LogP contribution in [0.25, 0.3) is 0 Å². The summed E-state index contributed by atoms with van der Waals surface area (Å²) in [5.41, 5.74) is 3.23. The summed E-state index contributed by atoms with van der Waals surface area (Å²) in [7, 11) is 0. The number of benzene rings is 1. The van der Waals surface area contributed by atoms with Gasteiger partial charge >= 0.3 is 0 Å². The Labute approximate surface area is 91.3 Å². The van der Waals surface area contributed by atoms with Crippen molar-refractivity contribution in [3.05, 3.63) is 35.4 Å². The normalized spacial score (nSPS) is 28.9. The Morgan fingerprint density at radius 2 is 1.43 bits per heavy atom. The quantitative estimate of drug-likeness (QED) is 0.693.